The Bertz CT molecular complexity index is 1200. The van der Waals surface area contributed by atoms with E-state index in [4.69, 9.17) is 16.3 Å². The van der Waals surface area contributed by atoms with Crippen LogP contribution in [-0.4, -0.2) is 29.7 Å². The molecule has 0 spiro atoms. The zero-order chi connectivity index (χ0) is 22.8. The van der Waals surface area contributed by atoms with Gasteiger partial charge in [-0.25, -0.2) is 0 Å². The molecule has 2 aliphatic rings. The molecular weight excluding hydrogens is 434 g/mol. The molecule has 3 aromatic rings. The van der Waals surface area contributed by atoms with E-state index < -0.39 is 0 Å². The molecule has 0 saturated heterocycles. The first-order chi connectivity index (χ1) is 16.1. The van der Waals surface area contributed by atoms with Crippen molar-refractivity contribution in [2.45, 2.75) is 44.8 Å². The number of carbonyl (C=O) groups is 2. The number of carbonyl (C=O) groups excluding carboxylic acids is 2. The number of aldehydes is 1. The largest absolute Gasteiger partial charge is 0.489 e. The summed E-state index contributed by atoms with van der Waals surface area (Å²) in [4.78, 5) is 26.4. The molecule has 1 aliphatic heterocycles. The number of fused-ring (bicyclic) bond motifs is 1. The minimum atomic E-state index is 0.143. The van der Waals surface area contributed by atoms with E-state index >= 15 is 0 Å². The second-order valence-electron chi connectivity index (χ2n) is 8.85. The monoisotopic (exact) mass is 459 g/mol. The van der Waals surface area contributed by atoms with Crippen LogP contribution in [0.3, 0.4) is 0 Å². The third-order valence-corrected chi connectivity index (χ3v) is 7.09. The highest BCUT2D eigenvalue weighted by Gasteiger charge is 2.31. The van der Waals surface area contributed by atoms with Crippen LogP contribution in [0.4, 0.5) is 0 Å². The molecule has 1 amide bonds. The van der Waals surface area contributed by atoms with Crippen LogP contribution in [-0.2, 0) is 13.0 Å². The summed E-state index contributed by atoms with van der Waals surface area (Å²) in [6, 6.07) is 19.7. The normalized spacial score (nSPS) is 16.0. The van der Waals surface area contributed by atoms with E-state index in [-0.39, 0.29) is 5.91 Å². The zero-order valence-corrected chi connectivity index (χ0v) is 19.2. The SMILES string of the molecule is O=Cc1cc(-c2cccc(COc3ccc4c(c3)C(=O)N(C3CCCC3)CC4)c2)ccc1Cl. The van der Waals surface area contributed by atoms with E-state index in [1.807, 2.05) is 48.5 Å². The van der Waals surface area contributed by atoms with Crippen LogP contribution in [0.1, 0.15) is 57.5 Å². The predicted octanol–water partition coefficient (Wildman–Crippen LogP) is 6.34. The van der Waals surface area contributed by atoms with Gasteiger partial charge in [0.2, 0.25) is 0 Å². The molecule has 4 nitrogen and oxygen atoms in total. The topological polar surface area (TPSA) is 46.6 Å². The second-order valence-corrected chi connectivity index (χ2v) is 9.26. The van der Waals surface area contributed by atoms with E-state index in [0.717, 1.165) is 59.9 Å². The highest BCUT2D eigenvalue weighted by Crippen LogP contribution is 2.31. The summed E-state index contributed by atoms with van der Waals surface area (Å²) in [5, 5.41) is 0.446. The number of hydrogen-bond acceptors (Lipinski definition) is 3. The van der Waals surface area contributed by atoms with Crippen LogP contribution >= 0.6 is 11.6 Å². The first kappa shape index (κ1) is 21.7. The number of rotatable bonds is 6. The van der Waals surface area contributed by atoms with Gasteiger partial charge in [0.15, 0.2) is 6.29 Å². The van der Waals surface area contributed by atoms with E-state index in [9.17, 15) is 9.59 Å². The van der Waals surface area contributed by atoms with Gasteiger partial charge in [-0.15, -0.1) is 0 Å². The summed E-state index contributed by atoms with van der Waals surface area (Å²) in [6.45, 7) is 1.21. The Morgan fingerprint density at radius 2 is 1.82 bits per heavy atom. The summed E-state index contributed by atoms with van der Waals surface area (Å²) >= 11 is 6.06. The van der Waals surface area contributed by atoms with Crippen molar-refractivity contribution in [1.82, 2.24) is 4.90 Å². The number of hydrogen-bond donors (Lipinski definition) is 0. The molecule has 1 aliphatic carbocycles. The maximum absolute atomic E-state index is 13.1. The van der Waals surface area contributed by atoms with Gasteiger partial charge < -0.3 is 9.64 Å². The lowest BCUT2D eigenvalue weighted by molar-refractivity contribution is 0.0662. The quantitative estimate of drug-likeness (QED) is 0.404. The van der Waals surface area contributed by atoms with Crippen molar-refractivity contribution >= 4 is 23.8 Å². The van der Waals surface area contributed by atoms with Crippen molar-refractivity contribution in [3.05, 3.63) is 87.9 Å². The Morgan fingerprint density at radius 1 is 1.00 bits per heavy atom. The van der Waals surface area contributed by atoms with Gasteiger partial charge in [-0.3, -0.25) is 9.59 Å². The van der Waals surface area contributed by atoms with Crippen molar-refractivity contribution in [2.24, 2.45) is 0 Å². The third-order valence-electron chi connectivity index (χ3n) is 6.75. The molecule has 1 fully saturated rings. The van der Waals surface area contributed by atoms with E-state index in [2.05, 4.69) is 4.90 Å². The second kappa shape index (κ2) is 9.40. The van der Waals surface area contributed by atoms with Crippen LogP contribution in [0.5, 0.6) is 5.75 Å². The van der Waals surface area contributed by atoms with Crippen LogP contribution in [0.15, 0.2) is 60.7 Å². The maximum atomic E-state index is 13.1. The summed E-state index contributed by atoms with van der Waals surface area (Å²) in [5.41, 5.74) is 5.28. The number of ether oxygens (including phenoxy) is 1. The van der Waals surface area contributed by atoms with Gasteiger partial charge in [0.25, 0.3) is 5.91 Å². The molecule has 0 N–H and O–H groups in total. The van der Waals surface area contributed by atoms with Gasteiger partial charge in [0.1, 0.15) is 12.4 Å². The standard InChI is InChI=1S/C28H26ClNO3/c29-27-11-9-22(15-23(27)17-31)21-5-3-4-19(14-21)18-33-25-10-8-20-12-13-30(24-6-1-2-7-24)28(32)26(20)16-25/h3-5,8-11,14-17,24H,1-2,6-7,12-13,18H2. The van der Waals surface area contributed by atoms with Gasteiger partial charge in [-0.2, -0.15) is 0 Å². The first-order valence-electron chi connectivity index (χ1n) is 11.5. The van der Waals surface area contributed by atoms with Crippen LogP contribution < -0.4 is 4.74 Å². The van der Waals surface area contributed by atoms with Gasteiger partial charge in [-0.05, 0) is 71.8 Å². The Labute approximate surface area is 199 Å². The Kier molecular flexibility index (Phi) is 6.19. The van der Waals surface area contributed by atoms with Gasteiger partial charge in [-0.1, -0.05) is 54.8 Å². The molecule has 33 heavy (non-hydrogen) atoms. The van der Waals surface area contributed by atoms with E-state index in [0.29, 0.717) is 29.0 Å². The van der Waals surface area contributed by atoms with Gasteiger partial charge in [0, 0.05) is 23.7 Å². The molecule has 0 atom stereocenters. The predicted molar refractivity (Wildman–Crippen MR) is 130 cm³/mol. The van der Waals surface area contributed by atoms with Crippen LogP contribution in [0, 0.1) is 0 Å². The Morgan fingerprint density at radius 3 is 2.64 bits per heavy atom. The van der Waals surface area contributed by atoms with Crippen molar-refractivity contribution in [1.29, 1.82) is 0 Å². The third kappa shape index (κ3) is 4.53. The maximum Gasteiger partial charge on any atom is 0.254 e. The Hall–Kier alpha value is -3.11. The molecule has 5 rings (SSSR count). The van der Waals surface area contributed by atoms with Crippen molar-refractivity contribution in [3.8, 4) is 16.9 Å². The molecule has 0 radical (unpaired) electrons. The molecule has 1 heterocycles. The van der Waals surface area contributed by atoms with E-state index in [1.54, 1.807) is 12.1 Å². The summed E-state index contributed by atoms with van der Waals surface area (Å²) in [6.07, 6.45) is 6.35. The molecule has 5 heteroatoms. The van der Waals surface area contributed by atoms with Gasteiger partial charge >= 0.3 is 0 Å². The average Bonchev–Trinajstić information content (AvgIpc) is 3.38. The fourth-order valence-corrected chi connectivity index (χ4v) is 5.11. The molecule has 0 aromatic heterocycles. The number of benzene rings is 3. The lowest BCUT2D eigenvalue weighted by Crippen LogP contribution is -2.43. The lowest BCUT2D eigenvalue weighted by atomic mass is 9.97. The first-order valence-corrected chi connectivity index (χ1v) is 11.9. The zero-order valence-electron chi connectivity index (χ0n) is 18.4. The van der Waals surface area contributed by atoms with Crippen molar-refractivity contribution < 1.29 is 14.3 Å². The Balaban J connectivity index is 1.31. The molecule has 0 unspecified atom stereocenters. The molecule has 3 aromatic carbocycles. The van der Waals surface area contributed by atoms with E-state index in [1.165, 1.54) is 12.8 Å². The minimum Gasteiger partial charge on any atom is -0.489 e. The smallest absolute Gasteiger partial charge is 0.254 e. The fourth-order valence-electron chi connectivity index (χ4n) is 4.94. The lowest BCUT2D eigenvalue weighted by Gasteiger charge is -2.33. The number of nitrogens with zero attached hydrogens (tertiary/aromatic N) is 1. The summed E-state index contributed by atoms with van der Waals surface area (Å²) in [7, 11) is 0. The van der Waals surface area contributed by atoms with Crippen LogP contribution in [0.2, 0.25) is 5.02 Å². The summed E-state index contributed by atoms with van der Waals surface area (Å²) < 4.78 is 6.07. The van der Waals surface area contributed by atoms with Crippen molar-refractivity contribution in [3.63, 3.8) is 0 Å². The molecular formula is C28H26ClNO3. The van der Waals surface area contributed by atoms with Gasteiger partial charge in [0.05, 0.1) is 5.02 Å². The molecule has 168 valence electrons. The average molecular weight is 460 g/mol. The minimum absolute atomic E-state index is 0.143. The molecule has 0 bridgehead atoms. The van der Waals surface area contributed by atoms with Crippen LogP contribution in [0.25, 0.3) is 11.1 Å². The number of amides is 1. The fraction of sp³-hybridized carbons (Fsp3) is 0.286. The molecule has 1 saturated carbocycles. The highest BCUT2D eigenvalue weighted by atomic mass is 35.5. The highest BCUT2D eigenvalue weighted by molar-refractivity contribution is 6.33. The number of halogens is 1. The summed E-state index contributed by atoms with van der Waals surface area (Å²) in [5.74, 6) is 0.847. The van der Waals surface area contributed by atoms with Crippen molar-refractivity contribution in [2.75, 3.05) is 6.54 Å².